The minimum Gasteiger partial charge on any atom is -0.396 e. The number of halogens is 12. The Morgan fingerprint density at radius 1 is 0.531 bits per heavy atom. The highest BCUT2D eigenvalue weighted by Crippen LogP contribution is 2.61. The SMILES string of the molecule is CCCCCCOCCCC(F)(F)C(F)(F)C(F)(F)C(F)(F)C(F)(F)C(F)(F)CCCO. The van der Waals surface area contributed by atoms with Crippen LogP contribution in [-0.4, -0.2) is 60.5 Å². The van der Waals surface area contributed by atoms with Gasteiger partial charge in [-0.05, 0) is 19.3 Å². The lowest BCUT2D eigenvalue weighted by atomic mass is 9.89. The Labute approximate surface area is 177 Å². The Balaban J connectivity index is 5.40. The van der Waals surface area contributed by atoms with Crippen molar-refractivity contribution in [1.82, 2.24) is 0 Å². The first-order valence-corrected chi connectivity index (χ1v) is 9.83. The molecule has 0 fully saturated rings. The third-order valence-corrected chi connectivity index (χ3v) is 4.67. The van der Waals surface area contributed by atoms with Crippen LogP contribution in [0.1, 0.15) is 58.3 Å². The third-order valence-electron chi connectivity index (χ3n) is 4.67. The van der Waals surface area contributed by atoms with Gasteiger partial charge < -0.3 is 9.84 Å². The fourth-order valence-electron chi connectivity index (χ4n) is 2.60. The number of aliphatic hydroxyl groups is 1. The molecule has 194 valence electrons. The summed E-state index contributed by atoms with van der Waals surface area (Å²) in [5, 5.41) is 8.33. The van der Waals surface area contributed by atoms with Gasteiger partial charge >= 0.3 is 35.5 Å². The van der Waals surface area contributed by atoms with Gasteiger partial charge in [-0.25, -0.2) is 0 Å². The summed E-state index contributed by atoms with van der Waals surface area (Å²) in [5.74, 6) is -41.3. The van der Waals surface area contributed by atoms with Crippen LogP contribution in [0.15, 0.2) is 0 Å². The molecule has 0 aromatic heterocycles. The number of ether oxygens (including phenoxy) is 1. The molecule has 0 amide bonds. The zero-order valence-electron chi connectivity index (χ0n) is 17.2. The van der Waals surface area contributed by atoms with Gasteiger partial charge in [0.05, 0.1) is 0 Å². The summed E-state index contributed by atoms with van der Waals surface area (Å²) in [6, 6.07) is 0. The summed E-state index contributed by atoms with van der Waals surface area (Å²) in [7, 11) is 0. The average molecular weight is 502 g/mol. The summed E-state index contributed by atoms with van der Waals surface area (Å²) in [4.78, 5) is 0. The molecular weight excluding hydrogens is 476 g/mol. The highest BCUT2D eigenvalue weighted by Gasteiger charge is 2.89. The van der Waals surface area contributed by atoms with Crippen LogP contribution in [-0.2, 0) is 4.74 Å². The molecule has 0 aliphatic heterocycles. The Kier molecular flexibility index (Phi) is 11.1. The van der Waals surface area contributed by atoms with Gasteiger partial charge in [-0.2, -0.15) is 52.7 Å². The van der Waals surface area contributed by atoms with Gasteiger partial charge in [0.15, 0.2) is 0 Å². The second kappa shape index (κ2) is 11.5. The van der Waals surface area contributed by atoms with Crippen molar-refractivity contribution >= 4 is 0 Å². The summed E-state index contributed by atoms with van der Waals surface area (Å²) in [6.45, 7) is 0.0670. The molecule has 0 atom stereocenters. The zero-order chi connectivity index (χ0) is 25.5. The van der Waals surface area contributed by atoms with Crippen molar-refractivity contribution in [3.05, 3.63) is 0 Å². The van der Waals surface area contributed by atoms with E-state index >= 15 is 0 Å². The third kappa shape index (κ3) is 6.35. The molecule has 0 rings (SSSR count). The van der Waals surface area contributed by atoms with Crippen molar-refractivity contribution in [3.8, 4) is 0 Å². The molecule has 0 unspecified atom stereocenters. The second-order valence-corrected chi connectivity index (χ2v) is 7.31. The fourth-order valence-corrected chi connectivity index (χ4v) is 2.60. The first-order valence-electron chi connectivity index (χ1n) is 9.83. The monoisotopic (exact) mass is 502 g/mol. The highest BCUT2D eigenvalue weighted by atomic mass is 19.4. The fraction of sp³-hybridized carbons (Fsp3) is 1.00. The van der Waals surface area contributed by atoms with Crippen LogP contribution < -0.4 is 0 Å². The van der Waals surface area contributed by atoms with Crippen LogP contribution in [0.5, 0.6) is 0 Å². The molecule has 0 heterocycles. The summed E-state index contributed by atoms with van der Waals surface area (Å²) in [6.07, 6.45) is -3.80. The number of hydrogen-bond acceptors (Lipinski definition) is 2. The zero-order valence-corrected chi connectivity index (χ0v) is 17.2. The molecule has 0 aliphatic carbocycles. The molecule has 0 aromatic rings. The Bertz CT molecular complexity index is 552. The van der Waals surface area contributed by atoms with E-state index in [1.807, 2.05) is 6.92 Å². The van der Waals surface area contributed by atoms with E-state index in [2.05, 4.69) is 0 Å². The van der Waals surface area contributed by atoms with E-state index in [9.17, 15) is 52.7 Å². The maximum Gasteiger partial charge on any atom is 0.384 e. The van der Waals surface area contributed by atoms with E-state index in [-0.39, 0.29) is 6.61 Å². The van der Waals surface area contributed by atoms with Gasteiger partial charge in [0, 0.05) is 32.7 Å². The Morgan fingerprint density at radius 2 is 0.938 bits per heavy atom. The summed E-state index contributed by atoms with van der Waals surface area (Å²) in [5.41, 5.74) is 0. The molecule has 0 aromatic carbocycles. The number of hydrogen-bond donors (Lipinski definition) is 1. The lowest BCUT2D eigenvalue weighted by Gasteiger charge is -2.41. The molecule has 0 spiro atoms. The van der Waals surface area contributed by atoms with Gasteiger partial charge in [0.1, 0.15) is 0 Å². The van der Waals surface area contributed by atoms with Gasteiger partial charge in [0.25, 0.3) is 0 Å². The van der Waals surface area contributed by atoms with E-state index in [1.54, 1.807) is 0 Å². The molecule has 0 saturated carbocycles. The van der Waals surface area contributed by atoms with E-state index in [0.717, 1.165) is 12.8 Å². The predicted octanol–water partition coefficient (Wildman–Crippen LogP) is 6.95. The van der Waals surface area contributed by atoms with Crippen LogP contribution in [0.25, 0.3) is 0 Å². The molecule has 32 heavy (non-hydrogen) atoms. The van der Waals surface area contributed by atoms with Gasteiger partial charge in [-0.1, -0.05) is 26.2 Å². The Hall–Kier alpha value is -0.920. The normalized spacial score (nSPS) is 14.8. The standard InChI is InChI=1S/C18H26F12O2/c1-2-3-4-5-11-32-12-7-9-14(21,22)16(25,26)18(29,30)17(27,28)15(23,24)13(19,20)8-6-10-31/h31H,2-12H2,1H3. The van der Waals surface area contributed by atoms with E-state index in [1.165, 1.54) is 0 Å². The molecule has 14 heteroatoms. The first-order chi connectivity index (χ1) is 14.4. The van der Waals surface area contributed by atoms with Crippen LogP contribution >= 0.6 is 0 Å². The smallest absolute Gasteiger partial charge is 0.384 e. The molecule has 2 nitrogen and oxygen atoms in total. The topological polar surface area (TPSA) is 29.5 Å². The van der Waals surface area contributed by atoms with E-state index in [4.69, 9.17) is 9.84 Å². The van der Waals surface area contributed by atoms with Gasteiger partial charge in [-0.3, -0.25) is 0 Å². The predicted molar refractivity (Wildman–Crippen MR) is 90.2 cm³/mol. The van der Waals surface area contributed by atoms with Crippen LogP contribution in [0.3, 0.4) is 0 Å². The maximum atomic E-state index is 13.7. The van der Waals surface area contributed by atoms with Crippen molar-refractivity contribution in [2.45, 2.75) is 93.8 Å². The largest absolute Gasteiger partial charge is 0.396 e. The number of rotatable bonds is 17. The van der Waals surface area contributed by atoms with E-state index in [0.29, 0.717) is 12.8 Å². The van der Waals surface area contributed by atoms with Crippen LogP contribution in [0.4, 0.5) is 52.7 Å². The molecule has 1 N–H and O–H groups in total. The number of alkyl halides is 12. The quantitative estimate of drug-likeness (QED) is 0.172. The van der Waals surface area contributed by atoms with Crippen molar-refractivity contribution in [1.29, 1.82) is 0 Å². The highest BCUT2D eigenvalue weighted by molar-refractivity contribution is 5.11. The maximum absolute atomic E-state index is 13.7. The molecule has 0 aliphatic rings. The minimum atomic E-state index is -7.55. The lowest BCUT2D eigenvalue weighted by molar-refractivity contribution is -0.425. The van der Waals surface area contributed by atoms with Gasteiger partial charge in [0.2, 0.25) is 0 Å². The number of unbranched alkanes of at least 4 members (excludes halogenated alkanes) is 3. The van der Waals surface area contributed by atoms with Crippen molar-refractivity contribution < 1.29 is 62.5 Å². The van der Waals surface area contributed by atoms with Crippen LogP contribution in [0.2, 0.25) is 0 Å². The summed E-state index contributed by atoms with van der Waals surface area (Å²) < 4.78 is 168. The van der Waals surface area contributed by atoms with Gasteiger partial charge in [-0.15, -0.1) is 0 Å². The van der Waals surface area contributed by atoms with Crippen molar-refractivity contribution in [3.63, 3.8) is 0 Å². The van der Waals surface area contributed by atoms with E-state index < -0.39 is 74.4 Å². The van der Waals surface area contributed by atoms with Crippen LogP contribution in [0, 0.1) is 0 Å². The average Bonchev–Trinajstić information content (AvgIpc) is 2.67. The molecular formula is C18H26F12O2. The van der Waals surface area contributed by atoms with Crippen molar-refractivity contribution in [2.24, 2.45) is 0 Å². The molecule has 0 saturated heterocycles. The minimum absolute atomic E-state index is 0.0331. The lowest BCUT2D eigenvalue weighted by Crippen LogP contribution is -2.70. The summed E-state index contributed by atoms with van der Waals surface area (Å²) >= 11 is 0. The molecule has 0 bridgehead atoms. The second-order valence-electron chi connectivity index (χ2n) is 7.31. The Morgan fingerprint density at radius 3 is 1.34 bits per heavy atom. The first kappa shape index (κ1) is 31.1. The van der Waals surface area contributed by atoms with Crippen molar-refractivity contribution in [2.75, 3.05) is 19.8 Å². The number of aliphatic hydroxyl groups excluding tert-OH is 1. The molecule has 0 radical (unpaired) electrons.